The van der Waals surface area contributed by atoms with Crippen LogP contribution in [0.2, 0.25) is 0 Å². The fourth-order valence-corrected chi connectivity index (χ4v) is 1.11. The first-order valence-electron chi connectivity index (χ1n) is 5.54. The average Bonchev–Trinajstić information content (AvgIpc) is 2.26. The Kier molecular flexibility index (Phi) is 5.49. The summed E-state index contributed by atoms with van der Waals surface area (Å²) >= 11 is 0. The minimum absolute atomic E-state index is 0.572. The van der Waals surface area contributed by atoms with Gasteiger partial charge in [-0.2, -0.15) is 10.1 Å². The van der Waals surface area contributed by atoms with E-state index < -0.39 is 0 Å². The predicted octanol–water partition coefficient (Wildman–Crippen LogP) is 0.667. The van der Waals surface area contributed by atoms with Gasteiger partial charge in [-0.1, -0.05) is 6.92 Å². The number of anilines is 2. The van der Waals surface area contributed by atoms with Crippen molar-refractivity contribution in [1.82, 2.24) is 20.1 Å². The first-order chi connectivity index (χ1) is 7.72. The summed E-state index contributed by atoms with van der Waals surface area (Å²) in [5.74, 6) is 1.34. The molecule has 0 aliphatic rings. The molecule has 0 atom stereocenters. The summed E-state index contributed by atoms with van der Waals surface area (Å²) in [6, 6.07) is 0. The van der Waals surface area contributed by atoms with Crippen LogP contribution in [-0.4, -0.2) is 53.8 Å². The van der Waals surface area contributed by atoms with Crippen molar-refractivity contribution in [2.75, 3.05) is 44.4 Å². The Hall–Kier alpha value is -1.43. The van der Waals surface area contributed by atoms with Gasteiger partial charge in [0.25, 0.3) is 0 Å². The molecular weight excluding hydrogens is 204 g/mol. The maximum atomic E-state index is 4.29. The van der Waals surface area contributed by atoms with E-state index in [1.807, 2.05) is 14.1 Å². The van der Waals surface area contributed by atoms with Gasteiger partial charge in [-0.25, -0.2) is 0 Å². The maximum absolute atomic E-state index is 4.29. The Labute approximate surface area is 96.5 Å². The molecule has 6 heteroatoms. The van der Waals surface area contributed by atoms with E-state index in [-0.39, 0.29) is 0 Å². The first-order valence-corrected chi connectivity index (χ1v) is 5.54. The number of nitrogens with zero attached hydrogens (tertiary/aromatic N) is 4. The highest BCUT2D eigenvalue weighted by molar-refractivity contribution is 5.36. The van der Waals surface area contributed by atoms with E-state index in [9.17, 15) is 0 Å². The molecule has 1 rings (SSSR count). The third-order valence-corrected chi connectivity index (χ3v) is 1.96. The van der Waals surface area contributed by atoms with E-state index in [0.717, 1.165) is 31.9 Å². The molecule has 90 valence electrons. The molecule has 6 nitrogen and oxygen atoms in total. The third-order valence-electron chi connectivity index (χ3n) is 1.96. The van der Waals surface area contributed by atoms with Crippen molar-refractivity contribution in [1.29, 1.82) is 0 Å². The first kappa shape index (κ1) is 12.6. The lowest BCUT2D eigenvalue weighted by Gasteiger charge is -2.10. The van der Waals surface area contributed by atoms with Gasteiger partial charge in [0.15, 0.2) is 0 Å². The molecule has 0 aromatic carbocycles. The largest absolute Gasteiger partial charge is 0.369 e. The molecule has 1 aromatic rings. The second kappa shape index (κ2) is 6.95. The molecule has 0 amide bonds. The summed E-state index contributed by atoms with van der Waals surface area (Å²) < 4.78 is 0. The highest BCUT2D eigenvalue weighted by Crippen LogP contribution is 2.02. The summed E-state index contributed by atoms with van der Waals surface area (Å²) in [6.45, 7) is 4.76. The summed E-state index contributed by atoms with van der Waals surface area (Å²) in [5.41, 5.74) is 0. The van der Waals surface area contributed by atoms with Crippen LogP contribution in [-0.2, 0) is 0 Å². The van der Waals surface area contributed by atoms with E-state index in [1.165, 1.54) is 0 Å². The smallest absolute Gasteiger partial charge is 0.244 e. The van der Waals surface area contributed by atoms with Crippen LogP contribution in [0.25, 0.3) is 0 Å². The van der Waals surface area contributed by atoms with Crippen LogP contribution in [0.4, 0.5) is 11.8 Å². The number of rotatable bonds is 7. The van der Waals surface area contributed by atoms with Gasteiger partial charge in [0.05, 0.1) is 6.20 Å². The Morgan fingerprint density at radius 3 is 2.75 bits per heavy atom. The molecule has 1 heterocycles. The lowest BCUT2D eigenvalue weighted by Crippen LogP contribution is -2.21. The van der Waals surface area contributed by atoms with Crippen LogP contribution in [0.1, 0.15) is 13.3 Å². The zero-order chi connectivity index (χ0) is 11.8. The Morgan fingerprint density at radius 2 is 2.06 bits per heavy atom. The van der Waals surface area contributed by atoms with Crippen LogP contribution >= 0.6 is 0 Å². The monoisotopic (exact) mass is 224 g/mol. The fraction of sp³-hybridized carbons (Fsp3) is 0.700. The molecule has 0 radical (unpaired) electrons. The second-order valence-corrected chi connectivity index (χ2v) is 3.82. The molecule has 16 heavy (non-hydrogen) atoms. The van der Waals surface area contributed by atoms with Crippen molar-refractivity contribution in [2.24, 2.45) is 0 Å². The molecule has 0 saturated carbocycles. The highest BCUT2D eigenvalue weighted by atomic mass is 15.3. The number of nitrogens with one attached hydrogen (secondary N) is 2. The zero-order valence-corrected chi connectivity index (χ0v) is 10.2. The molecule has 0 saturated heterocycles. The molecule has 0 fully saturated rings. The van der Waals surface area contributed by atoms with Crippen molar-refractivity contribution in [2.45, 2.75) is 13.3 Å². The average molecular weight is 224 g/mol. The second-order valence-electron chi connectivity index (χ2n) is 3.82. The predicted molar refractivity (Wildman–Crippen MR) is 65.7 cm³/mol. The lowest BCUT2D eigenvalue weighted by atomic mass is 10.5. The maximum Gasteiger partial charge on any atom is 0.244 e. The summed E-state index contributed by atoms with van der Waals surface area (Å²) in [5, 5.41) is 14.1. The van der Waals surface area contributed by atoms with Crippen LogP contribution in [0, 0.1) is 0 Å². The quantitative estimate of drug-likeness (QED) is 0.709. The van der Waals surface area contributed by atoms with E-state index >= 15 is 0 Å². The minimum Gasteiger partial charge on any atom is -0.369 e. The lowest BCUT2D eigenvalue weighted by molar-refractivity contribution is 0.425. The van der Waals surface area contributed by atoms with Gasteiger partial charge >= 0.3 is 0 Å². The van der Waals surface area contributed by atoms with Crippen molar-refractivity contribution in [3.8, 4) is 0 Å². The van der Waals surface area contributed by atoms with Gasteiger partial charge in [0, 0.05) is 19.6 Å². The minimum atomic E-state index is 0.572. The molecule has 0 aliphatic carbocycles. The van der Waals surface area contributed by atoms with Gasteiger partial charge < -0.3 is 15.5 Å². The van der Waals surface area contributed by atoms with Crippen LogP contribution in [0.15, 0.2) is 6.20 Å². The van der Waals surface area contributed by atoms with E-state index in [0.29, 0.717) is 5.95 Å². The van der Waals surface area contributed by atoms with Crippen LogP contribution in [0.5, 0.6) is 0 Å². The number of hydrogen-bond acceptors (Lipinski definition) is 6. The summed E-state index contributed by atoms with van der Waals surface area (Å²) in [6.07, 6.45) is 2.69. The van der Waals surface area contributed by atoms with Crippen molar-refractivity contribution >= 4 is 11.8 Å². The molecule has 0 unspecified atom stereocenters. The number of aromatic nitrogens is 3. The molecule has 0 spiro atoms. The molecular formula is C10H20N6. The van der Waals surface area contributed by atoms with Crippen LogP contribution < -0.4 is 10.6 Å². The number of hydrogen-bond donors (Lipinski definition) is 2. The topological polar surface area (TPSA) is 66.0 Å². The summed E-state index contributed by atoms with van der Waals surface area (Å²) in [4.78, 5) is 6.39. The highest BCUT2D eigenvalue weighted by Gasteiger charge is 1.99. The van der Waals surface area contributed by atoms with E-state index in [4.69, 9.17) is 0 Å². The zero-order valence-electron chi connectivity index (χ0n) is 10.2. The standard InChI is InChI=1S/C10H20N6/c1-4-5-11-9-8-13-15-10(14-9)12-6-7-16(2)3/h8H,4-7H2,1-3H3,(H2,11,12,14,15). The Balaban J connectivity index is 2.40. The molecule has 0 bridgehead atoms. The Bertz CT molecular complexity index is 301. The number of likely N-dealkylation sites (N-methyl/N-ethyl adjacent to an activating group) is 1. The molecule has 2 N–H and O–H groups in total. The van der Waals surface area contributed by atoms with Crippen LogP contribution in [0.3, 0.4) is 0 Å². The SMILES string of the molecule is CCCNc1cnnc(NCCN(C)C)n1. The van der Waals surface area contributed by atoms with Gasteiger partial charge in [0.1, 0.15) is 5.82 Å². The van der Waals surface area contributed by atoms with Crippen molar-refractivity contribution in [3.05, 3.63) is 6.20 Å². The third kappa shape index (κ3) is 4.88. The molecule has 0 aliphatic heterocycles. The molecule has 1 aromatic heterocycles. The Morgan fingerprint density at radius 1 is 1.25 bits per heavy atom. The summed E-state index contributed by atoms with van der Waals surface area (Å²) in [7, 11) is 4.06. The van der Waals surface area contributed by atoms with Gasteiger partial charge in [0.2, 0.25) is 5.95 Å². The van der Waals surface area contributed by atoms with Gasteiger partial charge in [-0.3, -0.25) is 0 Å². The fourth-order valence-electron chi connectivity index (χ4n) is 1.11. The van der Waals surface area contributed by atoms with E-state index in [2.05, 4.69) is 37.6 Å². The van der Waals surface area contributed by atoms with Crippen molar-refractivity contribution < 1.29 is 0 Å². The van der Waals surface area contributed by atoms with Crippen molar-refractivity contribution in [3.63, 3.8) is 0 Å². The van der Waals surface area contributed by atoms with Gasteiger partial charge in [-0.15, -0.1) is 5.10 Å². The normalized spacial score (nSPS) is 10.5. The van der Waals surface area contributed by atoms with Gasteiger partial charge in [-0.05, 0) is 20.5 Å². The van der Waals surface area contributed by atoms with E-state index in [1.54, 1.807) is 6.20 Å².